The molecule has 1 aromatic carbocycles. The van der Waals surface area contributed by atoms with Crippen LogP contribution in [0.5, 0.6) is 0 Å². The van der Waals surface area contributed by atoms with Gasteiger partial charge in [-0.3, -0.25) is 0 Å². The molecule has 1 aliphatic rings. The quantitative estimate of drug-likeness (QED) is 0.609. The molecule has 0 atom stereocenters. The lowest BCUT2D eigenvalue weighted by molar-refractivity contribution is 0.408. The van der Waals surface area contributed by atoms with Crippen molar-refractivity contribution in [1.29, 1.82) is 0 Å². The minimum Gasteiger partial charge on any atom is -0.399 e. The van der Waals surface area contributed by atoms with Crippen LogP contribution in [0.3, 0.4) is 0 Å². The van der Waals surface area contributed by atoms with Crippen molar-refractivity contribution in [2.75, 3.05) is 24.6 Å². The Morgan fingerprint density at radius 1 is 1.33 bits per heavy atom. The minimum atomic E-state index is 0.866. The predicted molar refractivity (Wildman–Crippen MR) is 67.2 cm³/mol. The Morgan fingerprint density at radius 3 is 2.87 bits per heavy atom. The van der Waals surface area contributed by atoms with Crippen molar-refractivity contribution in [2.24, 2.45) is 5.92 Å². The number of piperidine rings is 1. The highest BCUT2D eigenvalue weighted by molar-refractivity contribution is 7.99. The zero-order chi connectivity index (χ0) is 10.5. The van der Waals surface area contributed by atoms with Crippen LogP contribution in [0, 0.1) is 5.92 Å². The van der Waals surface area contributed by atoms with E-state index in [-0.39, 0.29) is 0 Å². The Balaban J connectivity index is 1.81. The Bertz CT molecular complexity index is 308. The van der Waals surface area contributed by atoms with Crippen LogP contribution in [0.1, 0.15) is 12.8 Å². The summed E-state index contributed by atoms with van der Waals surface area (Å²) in [4.78, 5) is 1.30. The van der Waals surface area contributed by atoms with Gasteiger partial charge in [0.05, 0.1) is 0 Å². The average Bonchev–Trinajstić information content (AvgIpc) is 2.28. The zero-order valence-corrected chi connectivity index (χ0v) is 9.72. The number of benzene rings is 1. The normalized spacial score (nSPS) is 17.9. The van der Waals surface area contributed by atoms with Crippen molar-refractivity contribution >= 4 is 17.4 Å². The molecule has 0 radical (unpaired) electrons. The molecule has 82 valence electrons. The summed E-state index contributed by atoms with van der Waals surface area (Å²) in [6.45, 7) is 2.37. The number of hydrogen-bond acceptors (Lipinski definition) is 3. The van der Waals surface area contributed by atoms with E-state index in [0.29, 0.717) is 0 Å². The standard InChI is InChI=1S/C12H18N2S/c13-11-2-1-3-12(8-11)15-9-10-4-6-14-7-5-10/h1-3,8,10,14H,4-7,9,13H2. The van der Waals surface area contributed by atoms with Crippen molar-refractivity contribution in [1.82, 2.24) is 5.32 Å². The van der Waals surface area contributed by atoms with Crippen LogP contribution in [-0.2, 0) is 0 Å². The van der Waals surface area contributed by atoms with E-state index in [1.165, 1.54) is 36.6 Å². The van der Waals surface area contributed by atoms with E-state index in [1.54, 1.807) is 0 Å². The number of nitrogens with two attached hydrogens (primary N) is 1. The SMILES string of the molecule is Nc1cccc(SCC2CCNCC2)c1. The molecule has 3 N–H and O–H groups in total. The topological polar surface area (TPSA) is 38.0 Å². The van der Waals surface area contributed by atoms with Crippen LogP contribution in [0.25, 0.3) is 0 Å². The summed E-state index contributed by atoms with van der Waals surface area (Å²) < 4.78 is 0. The van der Waals surface area contributed by atoms with Gasteiger partial charge in [-0.05, 0) is 50.0 Å². The molecule has 0 bridgehead atoms. The predicted octanol–water partition coefficient (Wildman–Crippen LogP) is 2.36. The molecule has 1 saturated heterocycles. The van der Waals surface area contributed by atoms with Crippen molar-refractivity contribution in [2.45, 2.75) is 17.7 Å². The maximum atomic E-state index is 5.74. The molecule has 15 heavy (non-hydrogen) atoms. The molecule has 1 heterocycles. The van der Waals surface area contributed by atoms with Crippen LogP contribution in [0.15, 0.2) is 29.2 Å². The van der Waals surface area contributed by atoms with Crippen LogP contribution >= 0.6 is 11.8 Å². The molecule has 1 aromatic rings. The van der Waals surface area contributed by atoms with Crippen LogP contribution in [-0.4, -0.2) is 18.8 Å². The van der Waals surface area contributed by atoms with E-state index in [4.69, 9.17) is 5.73 Å². The lowest BCUT2D eigenvalue weighted by Crippen LogP contribution is -2.28. The molecule has 0 aliphatic carbocycles. The first-order chi connectivity index (χ1) is 7.34. The molecule has 3 heteroatoms. The van der Waals surface area contributed by atoms with Gasteiger partial charge in [-0.2, -0.15) is 0 Å². The van der Waals surface area contributed by atoms with E-state index in [9.17, 15) is 0 Å². The van der Waals surface area contributed by atoms with Gasteiger partial charge in [0.1, 0.15) is 0 Å². The van der Waals surface area contributed by atoms with Gasteiger partial charge < -0.3 is 11.1 Å². The second-order valence-electron chi connectivity index (χ2n) is 4.08. The van der Waals surface area contributed by atoms with Gasteiger partial charge in [-0.25, -0.2) is 0 Å². The number of nitrogens with one attached hydrogen (secondary N) is 1. The average molecular weight is 222 g/mol. The molecule has 0 spiro atoms. The van der Waals surface area contributed by atoms with Crippen molar-refractivity contribution in [3.8, 4) is 0 Å². The highest BCUT2D eigenvalue weighted by Crippen LogP contribution is 2.25. The summed E-state index contributed by atoms with van der Waals surface area (Å²) in [5.41, 5.74) is 6.61. The number of hydrogen-bond donors (Lipinski definition) is 2. The fourth-order valence-corrected chi connectivity index (χ4v) is 3.02. The van der Waals surface area contributed by atoms with Gasteiger partial charge in [0.15, 0.2) is 0 Å². The van der Waals surface area contributed by atoms with Crippen LogP contribution in [0.4, 0.5) is 5.69 Å². The minimum absolute atomic E-state index is 0.866. The van der Waals surface area contributed by atoms with Crippen molar-refractivity contribution in [3.63, 3.8) is 0 Å². The number of anilines is 1. The van der Waals surface area contributed by atoms with Gasteiger partial charge >= 0.3 is 0 Å². The highest BCUT2D eigenvalue weighted by atomic mass is 32.2. The maximum absolute atomic E-state index is 5.74. The molecule has 2 rings (SSSR count). The Kier molecular flexibility index (Phi) is 3.92. The third-order valence-corrected chi connectivity index (χ3v) is 4.03. The summed E-state index contributed by atoms with van der Waals surface area (Å²) >= 11 is 1.93. The lowest BCUT2D eigenvalue weighted by Gasteiger charge is -2.22. The van der Waals surface area contributed by atoms with Crippen LogP contribution < -0.4 is 11.1 Å². The first-order valence-corrected chi connectivity index (χ1v) is 6.52. The van der Waals surface area contributed by atoms with Gasteiger partial charge in [0.25, 0.3) is 0 Å². The smallest absolute Gasteiger partial charge is 0.0325 e. The summed E-state index contributed by atoms with van der Waals surface area (Å²) in [5.74, 6) is 2.10. The number of thioether (sulfide) groups is 1. The van der Waals surface area contributed by atoms with E-state index in [2.05, 4.69) is 17.4 Å². The number of nitrogen functional groups attached to an aromatic ring is 1. The number of rotatable bonds is 3. The second-order valence-corrected chi connectivity index (χ2v) is 5.17. The summed E-state index contributed by atoms with van der Waals surface area (Å²) in [7, 11) is 0. The summed E-state index contributed by atoms with van der Waals surface area (Å²) in [5, 5.41) is 3.39. The first-order valence-electron chi connectivity index (χ1n) is 5.53. The molecule has 1 fully saturated rings. The molecule has 2 nitrogen and oxygen atoms in total. The highest BCUT2D eigenvalue weighted by Gasteiger charge is 2.12. The second kappa shape index (κ2) is 5.42. The fourth-order valence-electron chi connectivity index (χ4n) is 1.87. The Hall–Kier alpha value is -0.670. The molecular weight excluding hydrogens is 204 g/mol. The maximum Gasteiger partial charge on any atom is 0.0325 e. The van der Waals surface area contributed by atoms with Crippen molar-refractivity contribution < 1.29 is 0 Å². The van der Waals surface area contributed by atoms with E-state index >= 15 is 0 Å². The first kappa shape index (κ1) is 10.8. The molecule has 0 aromatic heterocycles. The van der Waals surface area contributed by atoms with Gasteiger partial charge in [0, 0.05) is 16.3 Å². The van der Waals surface area contributed by atoms with Crippen molar-refractivity contribution in [3.05, 3.63) is 24.3 Å². The lowest BCUT2D eigenvalue weighted by atomic mass is 10.0. The van der Waals surface area contributed by atoms with E-state index in [1.807, 2.05) is 23.9 Å². The molecule has 0 amide bonds. The van der Waals surface area contributed by atoms with Gasteiger partial charge in [0.2, 0.25) is 0 Å². The largest absolute Gasteiger partial charge is 0.399 e. The Morgan fingerprint density at radius 2 is 2.13 bits per heavy atom. The molecule has 0 saturated carbocycles. The molecule has 1 aliphatic heterocycles. The van der Waals surface area contributed by atoms with E-state index in [0.717, 1.165) is 11.6 Å². The Labute approximate surface area is 95.6 Å². The van der Waals surface area contributed by atoms with E-state index < -0.39 is 0 Å². The monoisotopic (exact) mass is 222 g/mol. The zero-order valence-electron chi connectivity index (χ0n) is 8.91. The summed E-state index contributed by atoms with van der Waals surface area (Å²) in [6.07, 6.45) is 2.63. The van der Waals surface area contributed by atoms with Gasteiger partial charge in [-0.1, -0.05) is 6.07 Å². The third-order valence-electron chi connectivity index (χ3n) is 2.80. The molecular formula is C12H18N2S. The third kappa shape index (κ3) is 3.43. The van der Waals surface area contributed by atoms with Gasteiger partial charge in [-0.15, -0.1) is 11.8 Å². The fraction of sp³-hybridized carbons (Fsp3) is 0.500. The van der Waals surface area contributed by atoms with Crippen LogP contribution in [0.2, 0.25) is 0 Å². The molecule has 0 unspecified atom stereocenters. The summed E-state index contributed by atoms with van der Waals surface area (Å²) in [6, 6.07) is 8.17.